The number of benzene rings is 1. The Kier molecular flexibility index (Phi) is 5.31. The van der Waals surface area contributed by atoms with Crippen molar-refractivity contribution in [2.24, 2.45) is 0 Å². The molecular weight excluding hydrogens is 356 g/mol. The summed E-state index contributed by atoms with van der Waals surface area (Å²) in [4.78, 5) is 30.1. The highest BCUT2D eigenvalue weighted by atomic mass is 16.4. The zero-order valence-electron chi connectivity index (χ0n) is 16.0. The highest BCUT2D eigenvalue weighted by molar-refractivity contribution is 5.98. The predicted octanol–water partition coefficient (Wildman–Crippen LogP) is 3.88. The van der Waals surface area contributed by atoms with Gasteiger partial charge in [-0.2, -0.15) is 0 Å². The van der Waals surface area contributed by atoms with Crippen molar-refractivity contribution in [1.82, 2.24) is 9.88 Å². The Balaban J connectivity index is 2.24. The molecule has 144 valence electrons. The molecule has 0 spiro atoms. The molecule has 3 rings (SSSR count). The first-order valence-electron chi connectivity index (χ1n) is 9.02. The van der Waals surface area contributed by atoms with Crippen LogP contribution in [0.3, 0.4) is 0 Å². The van der Waals surface area contributed by atoms with E-state index in [-0.39, 0.29) is 11.1 Å². The summed E-state index contributed by atoms with van der Waals surface area (Å²) in [5.41, 5.74) is 3.68. The highest BCUT2D eigenvalue weighted by Crippen LogP contribution is 2.42. The number of hydrogen-bond donors (Lipinski definition) is 2. The minimum atomic E-state index is -1.11. The summed E-state index contributed by atoms with van der Waals surface area (Å²) in [7, 11) is 0. The van der Waals surface area contributed by atoms with E-state index in [2.05, 4.69) is 4.98 Å². The van der Waals surface area contributed by atoms with E-state index >= 15 is 0 Å². The van der Waals surface area contributed by atoms with E-state index in [1.54, 1.807) is 37.2 Å². The number of pyridine rings is 1. The van der Waals surface area contributed by atoms with Crippen LogP contribution in [0.5, 0.6) is 0 Å². The molecule has 1 aromatic heterocycles. The number of allylic oxidation sites excluding steroid dienone is 2. The zero-order chi connectivity index (χ0) is 20.4. The summed E-state index contributed by atoms with van der Waals surface area (Å²) in [5.74, 6) is -3.08. The minimum Gasteiger partial charge on any atom is -0.478 e. The van der Waals surface area contributed by atoms with E-state index in [0.29, 0.717) is 23.5 Å². The summed E-state index contributed by atoms with van der Waals surface area (Å²) in [6.45, 7) is 5.82. The lowest BCUT2D eigenvalue weighted by molar-refractivity contribution is -0.133. The highest BCUT2D eigenvalue weighted by Gasteiger charge is 2.38. The number of carboxylic acid groups (broad SMARTS) is 2. The van der Waals surface area contributed by atoms with Gasteiger partial charge in [0.05, 0.1) is 17.1 Å². The van der Waals surface area contributed by atoms with Crippen LogP contribution < -0.4 is 0 Å². The van der Waals surface area contributed by atoms with Crippen molar-refractivity contribution < 1.29 is 19.8 Å². The van der Waals surface area contributed by atoms with Gasteiger partial charge in [-0.05, 0) is 43.5 Å². The number of aromatic nitrogens is 1. The Hall–Kier alpha value is -3.41. The molecule has 1 aliphatic heterocycles. The molecule has 1 aromatic carbocycles. The molecule has 2 heterocycles. The van der Waals surface area contributed by atoms with Gasteiger partial charge in [0, 0.05) is 30.3 Å². The molecular formula is C22H22N2O4. The van der Waals surface area contributed by atoms with Gasteiger partial charge in [-0.15, -0.1) is 0 Å². The second kappa shape index (κ2) is 7.68. The number of carboxylic acids is 2. The van der Waals surface area contributed by atoms with Crippen LogP contribution >= 0.6 is 0 Å². The van der Waals surface area contributed by atoms with Crippen LogP contribution in [0.15, 0.2) is 71.3 Å². The molecule has 1 aliphatic rings. The van der Waals surface area contributed by atoms with Crippen LogP contribution in [0.1, 0.15) is 32.3 Å². The van der Waals surface area contributed by atoms with Crippen LogP contribution in [0.4, 0.5) is 0 Å². The summed E-state index contributed by atoms with van der Waals surface area (Å²) in [6, 6.07) is 11.1. The van der Waals surface area contributed by atoms with Gasteiger partial charge in [0.25, 0.3) is 0 Å². The predicted molar refractivity (Wildman–Crippen MR) is 105 cm³/mol. The number of nitrogens with zero attached hydrogens (tertiary/aromatic N) is 2. The van der Waals surface area contributed by atoms with Gasteiger partial charge in [-0.3, -0.25) is 4.98 Å². The van der Waals surface area contributed by atoms with E-state index in [4.69, 9.17) is 0 Å². The summed E-state index contributed by atoms with van der Waals surface area (Å²) < 4.78 is 0. The number of hydrogen-bond acceptors (Lipinski definition) is 4. The molecule has 0 saturated carbocycles. The first kappa shape index (κ1) is 19.4. The van der Waals surface area contributed by atoms with E-state index in [0.717, 1.165) is 11.1 Å². The molecule has 0 fully saturated rings. The maximum absolute atomic E-state index is 12.1. The molecule has 2 aromatic rings. The molecule has 0 radical (unpaired) electrons. The van der Waals surface area contributed by atoms with Gasteiger partial charge in [-0.1, -0.05) is 30.3 Å². The molecule has 0 aliphatic carbocycles. The summed E-state index contributed by atoms with van der Waals surface area (Å²) >= 11 is 0. The Morgan fingerprint density at radius 1 is 1.00 bits per heavy atom. The number of rotatable bonds is 5. The number of carbonyl (C=O) groups is 2. The maximum Gasteiger partial charge on any atom is 0.334 e. The van der Waals surface area contributed by atoms with Crippen molar-refractivity contribution in [2.75, 3.05) is 6.54 Å². The molecule has 6 heteroatoms. The Bertz CT molecular complexity index is 955. The lowest BCUT2D eigenvalue weighted by Crippen LogP contribution is -2.34. The van der Waals surface area contributed by atoms with E-state index < -0.39 is 17.9 Å². The second-order valence-corrected chi connectivity index (χ2v) is 6.65. The average Bonchev–Trinajstić information content (AvgIpc) is 2.68. The van der Waals surface area contributed by atoms with Crippen molar-refractivity contribution in [3.8, 4) is 11.1 Å². The van der Waals surface area contributed by atoms with E-state index in [1.165, 1.54) is 0 Å². The fourth-order valence-corrected chi connectivity index (χ4v) is 3.90. The smallest absolute Gasteiger partial charge is 0.334 e. The van der Waals surface area contributed by atoms with E-state index in [1.807, 2.05) is 37.3 Å². The Morgan fingerprint density at radius 3 is 2.11 bits per heavy atom. The molecule has 0 bridgehead atoms. The topological polar surface area (TPSA) is 90.7 Å². The van der Waals surface area contributed by atoms with Gasteiger partial charge in [-0.25, -0.2) is 9.59 Å². The molecule has 28 heavy (non-hydrogen) atoms. The first-order chi connectivity index (χ1) is 13.4. The van der Waals surface area contributed by atoms with Crippen molar-refractivity contribution in [3.05, 3.63) is 76.9 Å². The lowest BCUT2D eigenvalue weighted by Gasteiger charge is -2.36. The molecule has 0 atom stereocenters. The van der Waals surface area contributed by atoms with Crippen molar-refractivity contribution >= 4 is 11.9 Å². The van der Waals surface area contributed by atoms with Crippen LogP contribution in [0.2, 0.25) is 0 Å². The first-order valence-corrected chi connectivity index (χ1v) is 9.02. The van der Waals surface area contributed by atoms with Crippen LogP contribution in [0, 0.1) is 0 Å². The zero-order valence-corrected chi connectivity index (χ0v) is 16.0. The molecule has 2 N–H and O–H groups in total. The normalized spacial score (nSPS) is 15.2. The SMILES string of the molecule is CCN1C(C)=C(C(=O)O)C(c2cccc(-c3cccnc3)c2)C(C(=O)O)=C1C. The van der Waals surface area contributed by atoms with Crippen LogP contribution in [-0.2, 0) is 9.59 Å². The van der Waals surface area contributed by atoms with Gasteiger partial charge in [0.15, 0.2) is 0 Å². The third kappa shape index (κ3) is 3.29. The van der Waals surface area contributed by atoms with Crippen LogP contribution in [-0.4, -0.2) is 38.6 Å². The average molecular weight is 378 g/mol. The summed E-state index contributed by atoms with van der Waals surface area (Å²) in [6.07, 6.45) is 3.40. The van der Waals surface area contributed by atoms with Gasteiger partial charge in [0.2, 0.25) is 0 Å². The van der Waals surface area contributed by atoms with E-state index in [9.17, 15) is 19.8 Å². The standard InChI is InChI=1S/C22H22N2O4/c1-4-24-13(2)18(21(25)26)20(19(14(24)3)22(27)28)16-8-5-7-15(11-16)17-9-6-10-23-12-17/h5-12,20H,4H2,1-3H3,(H,25,26)(H,27,28). The third-order valence-corrected chi connectivity index (χ3v) is 5.16. The van der Waals surface area contributed by atoms with Crippen molar-refractivity contribution in [1.29, 1.82) is 0 Å². The third-order valence-electron chi connectivity index (χ3n) is 5.16. The molecule has 6 nitrogen and oxygen atoms in total. The monoisotopic (exact) mass is 378 g/mol. The van der Waals surface area contributed by atoms with Gasteiger partial charge >= 0.3 is 11.9 Å². The fourth-order valence-electron chi connectivity index (χ4n) is 3.90. The van der Waals surface area contributed by atoms with Gasteiger partial charge in [0.1, 0.15) is 0 Å². The lowest BCUT2D eigenvalue weighted by atomic mass is 9.79. The summed E-state index contributed by atoms with van der Waals surface area (Å²) in [5, 5.41) is 19.8. The van der Waals surface area contributed by atoms with Crippen LogP contribution in [0.25, 0.3) is 11.1 Å². The number of aliphatic carboxylic acids is 2. The Morgan fingerprint density at radius 2 is 1.61 bits per heavy atom. The molecule has 0 unspecified atom stereocenters. The van der Waals surface area contributed by atoms with Crippen molar-refractivity contribution in [2.45, 2.75) is 26.7 Å². The largest absolute Gasteiger partial charge is 0.478 e. The quantitative estimate of drug-likeness (QED) is 0.820. The molecule has 0 amide bonds. The van der Waals surface area contributed by atoms with Crippen molar-refractivity contribution in [3.63, 3.8) is 0 Å². The maximum atomic E-state index is 12.1. The van der Waals surface area contributed by atoms with Gasteiger partial charge < -0.3 is 15.1 Å². The fraction of sp³-hybridized carbons (Fsp3) is 0.227. The second-order valence-electron chi connectivity index (χ2n) is 6.65. The molecule has 0 saturated heterocycles. The minimum absolute atomic E-state index is 0.0909. The Labute approximate surface area is 163 Å².